The summed E-state index contributed by atoms with van der Waals surface area (Å²) in [6, 6.07) is 6.48. The van der Waals surface area contributed by atoms with Gasteiger partial charge in [-0.05, 0) is 37.9 Å². The van der Waals surface area contributed by atoms with Crippen molar-refractivity contribution in [2.24, 2.45) is 11.7 Å². The van der Waals surface area contributed by atoms with E-state index in [4.69, 9.17) is 10.5 Å². The molecular formula is C18H30N2O. The van der Waals surface area contributed by atoms with Crippen molar-refractivity contribution >= 4 is 0 Å². The third-order valence-corrected chi connectivity index (χ3v) is 4.39. The summed E-state index contributed by atoms with van der Waals surface area (Å²) in [4.78, 5) is 2.53. The molecule has 0 radical (unpaired) electrons. The van der Waals surface area contributed by atoms with Gasteiger partial charge in [0, 0.05) is 24.1 Å². The highest BCUT2D eigenvalue weighted by atomic mass is 16.5. The molecule has 0 aromatic heterocycles. The first-order valence-electron chi connectivity index (χ1n) is 8.43. The fraction of sp³-hybridized carbons (Fsp3) is 0.667. The molecule has 118 valence electrons. The first-order valence-corrected chi connectivity index (χ1v) is 8.43. The molecule has 2 atom stereocenters. The standard InChI is InChI=1S/C18H30N2O/c1-4-10-20(11-5-2)12-15-13-21-18-14(6-3)8-7-9-16(18)17(15)19/h7-9,15,17H,4-6,10-13,19H2,1-3H3. The van der Waals surface area contributed by atoms with Gasteiger partial charge >= 0.3 is 0 Å². The number of nitrogens with two attached hydrogens (primary N) is 1. The minimum absolute atomic E-state index is 0.0939. The summed E-state index contributed by atoms with van der Waals surface area (Å²) in [7, 11) is 0. The van der Waals surface area contributed by atoms with Crippen LogP contribution >= 0.6 is 0 Å². The molecule has 3 nitrogen and oxygen atoms in total. The Balaban J connectivity index is 2.11. The number of hydrogen-bond donors (Lipinski definition) is 1. The van der Waals surface area contributed by atoms with Crippen molar-refractivity contribution in [1.82, 2.24) is 4.90 Å². The Bertz CT molecular complexity index is 441. The first-order chi connectivity index (χ1) is 10.2. The highest BCUT2D eigenvalue weighted by molar-refractivity contribution is 5.45. The quantitative estimate of drug-likeness (QED) is 0.836. The van der Waals surface area contributed by atoms with Crippen molar-refractivity contribution in [2.45, 2.75) is 46.1 Å². The van der Waals surface area contributed by atoms with Crippen molar-refractivity contribution < 1.29 is 4.74 Å². The van der Waals surface area contributed by atoms with Gasteiger partial charge in [-0.3, -0.25) is 0 Å². The predicted molar refractivity (Wildman–Crippen MR) is 88.8 cm³/mol. The van der Waals surface area contributed by atoms with Gasteiger partial charge in [0.05, 0.1) is 6.61 Å². The second-order valence-electron chi connectivity index (χ2n) is 6.09. The molecule has 0 amide bonds. The van der Waals surface area contributed by atoms with Crippen LogP contribution in [0.2, 0.25) is 0 Å². The van der Waals surface area contributed by atoms with Crippen LogP contribution in [0.15, 0.2) is 18.2 Å². The monoisotopic (exact) mass is 290 g/mol. The van der Waals surface area contributed by atoms with Crippen molar-refractivity contribution in [3.63, 3.8) is 0 Å². The second-order valence-corrected chi connectivity index (χ2v) is 6.09. The molecule has 2 N–H and O–H groups in total. The molecule has 0 saturated carbocycles. The van der Waals surface area contributed by atoms with Crippen molar-refractivity contribution in [3.05, 3.63) is 29.3 Å². The van der Waals surface area contributed by atoms with Crippen LogP contribution in [0.1, 0.15) is 50.8 Å². The van der Waals surface area contributed by atoms with Crippen LogP contribution in [-0.2, 0) is 6.42 Å². The molecule has 2 unspecified atom stereocenters. The molecule has 1 aromatic carbocycles. The molecule has 0 aliphatic carbocycles. The summed E-state index contributed by atoms with van der Waals surface area (Å²) in [5, 5.41) is 0. The third-order valence-electron chi connectivity index (χ3n) is 4.39. The Labute approximate surface area is 129 Å². The van der Waals surface area contributed by atoms with Crippen LogP contribution < -0.4 is 10.5 Å². The van der Waals surface area contributed by atoms with E-state index in [1.54, 1.807) is 0 Å². The molecule has 0 saturated heterocycles. The summed E-state index contributed by atoms with van der Waals surface area (Å²) >= 11 is 0. The lowest BCUT2D eigenvalue weighted by Gasteiger charge is -2.35. The Morgan fingerprint density at radius 1 is 1.19 bits per heavy atom. The van der Waals surface area contributed by atoms with Crippen LogP contribution in [0.25, 0.3) is 0 Å². The van der Waals surface area contributed by atoms with E-state index in [1.807, 2.05) is 0 Å². The molecule has 0 bridgehead atoms. The molecule has 21 heavy (non-hydrogen) atoms. The molecule has 0 fully saturated rings. The van der Waals surface area contributed by atoms with E-state index in [0.29, 0.717) is 5.92 Å². The highest BCUT2D eigenvalue weighted by Gasteiger charge is 2.30. The number of aryl methyl sites for hydroxylation is 1. The van der Waals surface area contributed by atoms with Gasteiger partial charge in [0.25, 0.3) is 0 Å². The summed E-state index contributed by atoms with van der Waals surface area (Å²) in [5.74, 6) is 1.43. The molecule has 2 rings (SSSR count). The van der Waals surface area contributed by atoms with Crippen LogP contribution in [0.5, 0.6) is 5.75 Å². The van der Waals surface area contributed by atoms with Gasteiger partial charge in [-0.1, -0.05) is 39.0 Å². The number of hydrogen-bond acceptors (Lipinski definition) is 3. The number of rotatable bonds is 7. The Kier molecular flexibility index (Phi) is 6.07. The fourth-order valence-electron chi connectivity index (χ4n) is 3.29. The average molecular weight is 290 g/mol. The molecule has 1 aromatic rings. The third kappa shape index (κ3) is 3.78. The van der Waals surface area contributed by atoms with Crippen LogP contribution in [0.4, 0.5) is 0 Å². The highest BCUT2D eigenvalue weighted by Crippen LogP contribution is 2.37. The van der Waals surface area contributed by atoms with Gasteiger partial charge in [-0.25, -0.2) is 0 Å². The minimum Gasteiger partial charge on any atom is -0.493 e. The van der Waals surface area contributed by atoms with Crippen LogP contribution in [0, 0.1) is 5.92 Å². The van der Waals surface area contributed by atoms with E-state index in [1.165, 1.54) is 24.0 Å². The SMILES string of the molecule is CCCN(CCC)CC1COc2c(CC)cccc2C1N. The Hall–Kier alpha value is -1.06. The lowest BCUT2D eigenvalue weighted by molar-refractivity contribution is 0.137. The maximum Gasteiger partial charge on any atom is 0.127 e. The number of benzene rings is 1. The maximum absolute atomic E-state index is 6.55. The fourth-order valence-corrected chi connectivity index (χ4v) is 3.29. The summed E-state index contributed by atoms with van der Waals surface area (Å²) in [6.45, 7) is 10.7. The molecule has 1 aliphatic rings. The molecule has 0 spiro atoms. The Morgan fingerprint density at radius 2 is 1.90 bits per heavy atom. The second kappa shape index (κ2) is 7.81. The van der Waals surface area contributed by atoms with Gasteiger partial charge in [0.2, 0.25) is 0 Å². The lowest BCUT2D eigenvalue weighted by atomic mass is 9.89. The largest absolute Gasteiger partial charge is 0.493 e. The normalized spacial score (nSPS) is 21.2. The van der Waals surface area contributed by atoms with Gasteiger partial charge in [0.15, 0.2) is 0 Å². The average Bonchev–Trinajstić information content (AvgIpc) is 2.50. The van der Waals surface area contributed by atoms with Gasteiger partial charge in [0.1, 0.15) is 5.75 Å². The topological polar surface area (TPSA) is 38.5 Å². The zero-order valence-electron chi connectivity index (χ0n) is 13.8. The number of ether oxygens (including phenoxy) is 1. The van der Waals surface area contributed by atoms with Crippen molar-refractivity contribution in [1.29, 1.82) is 0 Å². The van der Waals surface area contributed by atoms with E-state index in [2.05, 4.69) is 43.9 Å². The van der Waals surface area contributed by atoms with Crippen LogP contribution in [-0.4, -0.2) is 31.1 Å². The number of nitrogens with zero attached hydrogens (tertiary/aromatic N) is 1. The zero-order chi connectivity index (χ0) is 15.2. The first kappa shape index (κ1) is 16.3. The van der Waals surface area contributed by atoms with Crippen LogP contribution in [0.3, 0.4) is 0 Å². The van der Waals surface area contributed by atoms with E-state index in [0.717, 1.165) is 38.4 Å². The van der Waals surface area contributed by atoms with Crippen molar-refractivity contribution in [2.75, 3.05) is 26.2 Å². The number of para-hydroxylation sites is 1. The van der Waals surface area contributed by atoms with E-state index in [-0.39, 0.29) is 6.04 Å². The van der Waals surface area contributed by atoms with Crippen molar-refractivity contribution in [3.8, 4) is 5.75 Å². The van der Waals surface area contributed by atoms with Gasteiger partial charge in [-0.15, -0.1) is 0 Å². The van der Waals surface area contributed by atoms with E-state index < -0.39 is 0 Å². The predicted octanol–water partition coefficient (Wildman–Crippen LogP) is 3.38. The van der Waals surface area contributed by atoms with Gasteiger partial charge < -0.3 is 15.4 Å². The Morgan fingerprint density at radius 3 is 2.52 bits per heavy atom. The summed E-state index contributed by atoms with van der Waals surface area (Å²) < 4.78 is 6.08. The molecular weight excluding hydrogens is 260 g/mol. The van der Waals surface area contributed by atoms with E-state index >= 15 is 0 Å². The molecule has 3 heteroatoms. The van der Waals surface area contributed by atoms with Gasteiger partial charge in [-0.2, -0.15) is 0 Å². The smallest absolute Gasteiger partial charge is 0.127 e. The zero-order valence-corrected chi connectivity index (χ0v) is 13.8. The minimum atomic E-state index is 0.0939. The summed E-state index contributed by atoms with van der Waals surface area (Å²) in [6.07, 6.45) is 3.39. The number of fused-ring (bicyclic) bond motifs is 1. The summed E-state index contributed by atoms with van der Waals surface area (Å²) in [5.41, 5.74) is 9.02. The van der Waals surface area contributed by atoms with E-state index in [9.17, 15) is 0 Å². The molecule has 1 heterocycles. The maximum atomic E-state index is 6.55. The lowest BCUT2D eigenvalue weighted by Crippen LogP contribution is -2.41. The molecule has 1 aliphatic heterocycles.